The molecule has 1 aromatic rings. The molecule has 13 heavy (non-hydrogen) atoms. The molecular formula is C10H12ClNO. The van der Waals surface area contributed by atoms with Crippen LogP contribution in [0.1, 0.15) is 17.3 Å². The summed E-state index contributed by atoms with van der Waals surface area (Å²) < 4.78 is 0. The highest BCUT2D eigenvalue weighted by Gasteiger charge is 2.11. The Morgan fingerprint density at radius 1 is 1.38 bits per heavy atom. The molecule has 3 heteroatoms. The van der Waals surface area contributed by atoms with Crippen molar-refractivity contribution < 1.29 is 4.79 Å². The summed E-state index contributed by atoms with van der Waals surface area (Å²) in [6, 6.07) is 6.76. The van der Waals surface area contributed by atoms with Gasteiger partial charge in [-0.25, -0.2) is 0 Å². The van der Waals surface area contributed by atoms with Crippen molar-refractivity contribution in [2.75, 3.05) is 7.05 Å². The molecule has 70 valence electrons. The van der Waals surface area contributed by atoms with Crippen LogP contribution in [0.25, 0.3) is 0 Å². The number of ketones is 1. The molecule has 0 spiro atoms. The fourth-order valence-electron chi connectivity index (χ4n) is 0.995. The number of likely N-dealkylation sites (N-methyl/N-ethyl adjacent to an activating group) is 1. The summed E-state index contributed by atoms with van der Waals surface area (Å²) in [7, 11) is 1.76. The molecule has 0 radical (unpaired) electrons. The number of halogens is 1. The minimum atomic E-state index is -0.152. The minimum Gasteiger partial charge on any atom is -0.310 e. The van der Waals surface area contributed by atoms with Crippen molar-refractivity contribution >= 4 is 17.4 Å². The van der Waals surface area contributed by atoms with Crippen LogP contribution in [0, 0.1) is 0 Å². The number of Topliss-reactive ketones (excluding diaryl/α,β-unsaturated/α-hetero) is 1. The Bertz CT molecular complexity index is 294. The Morgan fingerprint density at radius 3 is 2.38 bits per heavy atom. The lowest BCUT2D eigenvalue weighted by atomic mass is 10.1. The molecule has 1 atom stereocenters. The molecule has 0 amide bonds. The zero-order valence-electron chi connectivity index (χ0n) is 7.67. The maximum Gasteiger partial charge on any atom is 0.179 e. The van der Waals surface area contributed by atoms with Gasteiger partial charge in [0.1, 0.15) is 0 Å². The van der Waals surface area contributed by atoms with Crippen LogP contribution in [0.5, 0.6) is 0 Å². The highest BCUT2D eigenvalue weighted by Crippen LogP contribution is 2.10. The van der Waals surface area contributed by atoms with E-state index in [0.29, 0.717) is 10.6 Å². The molecule has 1 N–H and O–H groups in total. The number of carbonyl (C=O) groups excluding carboxylic acids is 1. The average molecular weight is 198 g/mol. The van der Waals surface area contributed by atoms with Crippen molar-refractivity contribution in [2.45, 2.75) is 13.0 Å². The number of nitrogens with one attached hydrogen (secondary N) is 1. The first-order valence-corrected chi connectivity index (χ1v) is 4.50. The number of rotatable bonds is 3. The average Bonchev–Trinajstić information content (AvgIpc) is 2.17. The third-order valence-electron chi connectivity index (χ3n) is 1.96. The highest BCUT2D eigenvalue weighted by molar-refractivity contribution is 6.30. The summed E-state index contributed by atoms with van der Waals surface area (Å²) in [6.07, 6.45) is 0. The smallest absolute Gasteiger partial charge is 0.179 e. The predicted molar refractivity (Wildman–Crippen MR) is 54.3 cm³/mol. The van der Waals surface area contributed by atoms with Gasteiger partial charge in [0, 0.05) is 10.6 Å². The normalized spacial score (nSPS) is 12.5. The summed E-state index contributed by atoms with van der Waals surface area (Å²) >= 11 is 5.70. The number of carbonyl (C=O) groups is 1. The molecule has 0 aliphatic rings. The molecule has 1 aromatic carbocycles. The van der Waals surface area contributed by atoms with E-state index >= 15 is 0 Å². The van der Waals surface area contributed by atoms with Gasteiger partial charge in [-0.15, -0.1) is 0 Å². The lowest BCUT2D eigenvalue weighted by Crippen LogP contribution is -2.30. The molecule has 0 aliphatic heterocycles. The molecule has 1 rings (SSSR count). The lowest BCUT2D eigenvalue weighted by molar-refractivity contribution is 0.0955. The van der Waals surface area contributed by atoms with E-state index in [9.17, 15) is 4.79 Å². The topological polar surface area (TPSA) is 29.1 Å². The minimum absolute atomic E-state index is 0.0826. The van der Waals surface area contributed by atoms with Gasteiger partial charge < -0.3 is 5.32 Å². The highest BCUT2D eigenvalue weighted by atomic mass is 35.5. The standard InChI is InChI=1S/C10H12ClNO/c1-7(12-2)10(13)8-3-5-9(11)6-4-8/h3-7,12H,1-2H3. The lowest BCUT2D eigenvalue weighted by Gasteiger charge is -2.08. The van der Waals surface area contributed by atoms with Crippen LogP contribution in [0.2, 0.25) is 5.02 Å². The van der Waals surface area contributed by atoms with E-state index in [1.807, 2.05) is 6.92 Å². The molecule has 0 aliphatic carbocycles. The molecule has 2 nitrogen and oxygen atoms in total. The van der Waals surface area contributed by atoms with E-state index < -0.39 is 0 Å². The summed E-state index contributed by atoms with van der Waals surface area (Å²) in [5.74, 6) is 0.0826. The number of hydrogen-bond donors (Lipinski definition) is 1. The van der Waals surface area contributed by atoms with Crippen LogP contribution in [0.4, 0.5) is 0 Å². The van der Waals surface area contributed by atoms with Gasteiger partial charge in [-0.2, -0.15) is 0 Å². The zero-order chi connectivity index (χ0) is 9.84. The molecule has 0 heterocycles. The Balaban J connectivity index is 2.83. The van der Waals surface area contributed by atoms with Crippen molar-refractivity contribution in [1.29, 1.82) is 0 Å². The van der Waals surface area contributed by atoms with E-state index in [1.54, 1.807) is 31.3 Å². The second-order valence-electron chi connectivity index (χ2n) is 2.88. The van der Waals surface area contributed by atoms with Crippen LogP contribution in [0.15, 0.2) is 24.3 Å². The Morgan fingerprint density at radius 2 is 1.92 bits per heavy atom. The Labute approximate surface area is 82.9 Å². The molecule has 1 unspecified atom stereocenters. The van der Waals surface area contributed by atoms with E-state index in [-0.39, 0.29) is 11.8 Å². The SMILES string of the molecule is CNC(C)C(=O)c1ccc(Cl)cc1. The maximum absolute atomic E-state index is 11.6. The maximum atomic E-state index is 11.6. The third kappa shape index (κ3) is 2.54. The van der Waals surface area contributed by atoms with Gasteiger partial charge >= 0.3 is 0 Å². The van der Waals surface area contributed by atoms with Gasteiger partial charge in [0.05, 0.1) is 6.04 Å². The van der Waals surface area contributed by atoms with E-state index in [2.05, 4.69) is 5.32 Å². The Hall–Kier alpha value is -0.860. The molecule has 0 bridgehead atoms. The van der Waals surface area contributed by atoms with Crippen LogP contribution >= 0.6 is 11.6 Å². The first-order valence-electron chi connectivity index (χ1n) is 4.12. The quantitative estimate of drug-likeness (QED) is 0.753. The van der Waals surface area contributed by atoms with Gasteiger partial charge in [0.2, 0.25) is 0 Å². The van der Waals surface area contributed by atoms with Gasteiger partial charge in [0.15, 0.2) is 5.78 Å². The molecule has 0 saturated carbocycles. The van der Waals surface area contributed by atoms with Crippen molar-refractivity contribution in [3.8, 4) is 0 Å². The van der Waals surface area contributed by atoms with Crippen molar-refractivity contribution in [3.05, 3.63) is 34.9 Å². The molecule has 0 saturated heterocycles. The largest absolute Gasteiger partial charge is 0.310 e. The van der Waals surface area contributed by atoms with E-state index in [0.717, 1.165) is 0 Å². The molecular weight excluding hydrogens is 186 g/mol. The van der Waals surface area contributed by atoms with E-state index in [1.165, 1.54) is 0 Å². The second kappa shape index (κ2) is 4.40. The zero-order valence-corrected chi connectivity index (χ0v) is 8.43. The number of benzene rings is 1. The summed E-state index contributed by atoms with van der Waals surface area (Å²) in [6.45, 7) is 1.83. The van der Waals surface area contributed by atoms with Crippen molar-refractivity contribution in [3.63, 3.8) is 0 Å². The van der Waals surface area contributed by atoms with Gasteiger partial charge in [-0.05, 0) is 38.2 Å². The first-order chi connectivity index (χ1) is 6.15. The van der Waals surface area contributed by atoms with Crippen LogP contribution in [-0.2, 0) is 0 Å². The first kappa shape index (κ1) is 10.2. The number of hydrogen-bond acceptors (Lipinski definition) is 2. The van der Waals surface area contributed by atoms with Gasteiger partial charge in [0.25, 0.3) is 0 Å². The summed E-state index contributed by atoms with van der Waals surface area (Å²) in [5.41, 5.74) is 0.686. The van der Waals surface area contributed by atoms with Crippen molar-refractivity contribution in [2.24, 2.45) is 0 Å². The van der Waals surface area contributed by atoms with E-state index in [4.69, 9.17) is 11.6 Å². The fourth-order valence-corrected chi connectivity index (χ4v) is 1.12. The van der Waals surface area contributed by atoms with Crippen LogP contribution < -0.4 is 5.32 Å². The predicted octanol–water partition coefficient (Wildman–Crippen LogP) is 2.13. The second-order valence-corrected chi connectivity index (χ2v) is 3.32. The molecule has 0 aromatic heterocycles. The van der Waals surface area contributed by atoms with Crippen LogP contribution in [0.3, 0.4) is 0 Å². The molecule has 0 fully saturated rings. The monoisotopic (exact) mass is 197 g/mol. The Kier molecular flexibility index (Phi) is 3.46. The summed E-state index contributed by atoms with van der Waals surface area (Å²) in [4.78, 5) is 11.6. The van der Waals surface area contributed by atoms with Gasteiger partial charge in [-0.3, -0.25) is 4.79 Å². The van der Waals surface area contributed by atoms with Crippen molar-refractivity contribution in [1.82, 2.24) is 5.32 Å². The third-order valence-corrected chi connectivity index (χ3v) is 2.21. The van der Waals surface area contributed by atoms with Gasteiger partial charge in [-0.1, -0.05) is 11.6 Å². The summed E-state index contributed by atoms with van der Waals surface area (Å²) in [5, 5.41) is 3.54. The fraction of sp³-hybridized carbons (Fsp3) is 0.300. The van der Waals surface area contributed by atoms with Crippen LogP contribution in [-0.4, -0.2) is 18.9 Å².